The number of ketones is 1. The number of aliphatic hydroxyl groups excluding tert-OH is 1. The van der Waals surface area contributed by atoms with Gasteiger partial charge in [0.1, 0.15) is 0 Å². The monoisotopic (exact) mass is 306 g/mol. The summed E-state index contributed by atoms with van der Waals surface area (Å²) in [6, 6.07) is 0. The van der Waals surface area contributed by atoms with Gasteiger partial charge < -0.3 is 5.11 Å². The van der Waals surface area contributed by atoms with Crippen LogP contribution in [0.5, 0.6) is 0 Å². The molecule has 0 saturated heterocycles. The first kappa shape index (κ1) is 14.9. The Hall–Kier alpha value is -0.700. The van der Waals surface area contributed by atoms with E-state index in [1.165, 1.54) is 18.4 Å². The van der Waals surface area contributed by atoms with Crippen molar-refractivity contribution in [2.45, 2.75) is 71.1 Å². The van der Waals surface area contributed by atoms with Gasteiger partial charge in [0.25, 0.3) is 0 Å². The molecule has 7 atom stereocenters. The van der Waals surface area contributed by atoms with Crippen LogP contribution in [0.15, 0.2) is 11.6 Å². The molecule has 22 heavy (non-hydrogen) atoms. The van der Waals surface area contributed by atoms with Gasteiger partial charge in [0.05, 0.1) is 6.10 Å². The average Bonchev–Trinajstić information content (AvgIpc) is 2.71. The first-order valence-corrected chi connectivity index (χ1v) is 8.94. The van der Waals surface area contributed by atoms with Crippen LogP contribution in [-0.2, 0) is 4.79 Å². The lowest BCUT2D eigenvalue weighted by atomic mass is 9.47. The van der Waals surface area contributed by atoms with E-state index in [9.17, 15) is 14.3 Å². The summed E-state index contributed by atoms with van der Waals surface area (Å²) in [4.78, 5) is 12.3. The largest absolute Gasteiger partial charge is 0.392 e. The van der Waals surface area contributed by atoms with Crippen molar-refractivity contribution >= 4 is 5.78 Å². The molecule has 3 heteroatoms. The smallest absolute Gasteiger partial charge is 0.173 e. The van der Waals surface area contributed by atoms with Crippen LogP contribution >= 0.6 is 0 Å². The number of halogens is 1. The molecule has 0 aromatic carbocycles. The molecule has 0 aromatic heterocycles. The van der Waals surface area contributed by atoms with E-state index in [2.05, 4.69) is 13.0 Å². The average molecular weight is 306 g/mol. The van der Waals surface area contributed by atoms with E-state index in [-0.39, 0.29) is 23.0 Å². The predicted octanol–water partition coefficient (Wildman–Crippen LogP) is 3.83. The Bertz CT molecular complexity index is 542. The van der Waals surface area contributed by atoms with Gasteiger partial charge in [-0.1, -0.05) is 25.5 Å². The summed E-state index contributed by atoms with van der Waals surface area (Å²) in [6.07, 6.45) is 6.99. The molecule has 0 bridgehead atoms. The molecular weight excluding hydrogens is 279 g/mol. The minimum absolute atomic E-state index is 0.0315. The molecule has 1 N–H and O–H groups in total. The van der Waals surface area contributed by atoms with Crippen LogP contribution in [0.2, 0.25) is 0 Å². The number of fused-ring (bicyclic) bond motifs is 5. The standard InChI is InChI=1S/C19H27FO2/c1-18-7-4-3-5-11(18)9-15(21)16-12(18)6-8-19(2)13(16)10-14(20)17(19)22/h5,12-16,21H,3-4,6-10H2,1-2H3/t12-,13-,14+,15-,16+,18-,19-/m0/s1. The minimum atomic E-state index is -1.31. The first-order chi connectivity index (χ1) is 10.4. The highest BCUT2D eigenvalue weighted by Crippen LogP contribution is 2.64. The van der Waals surface area contributed by atoms with Gasteiger partial charge >= 0.3 is 0 Å². The van der Waals surface area contributed by atoms with Gasteiger partial charge in [0.15, 0.2) is 12.0 Å². The van der Waals surface area contributed by atoms with Crippen LogP contribution in [0.3, 0.4) is 0 Å². The number of rotatable bonds is 0. The lowest BCUT2D eigenvalue weighted by molar-refractivity contribution is -0.140. The number of Topliss-reactive ketones (excluding diaryl/α,β-unsaturated/α-hetero) is 1. The fourth-order valence-electron chi connectivity index (χ4n) is 6.47. The number of aliphatic hydroxyl groups is 1. The van der Waals surface area contributed by atoms with Crippen molar-refractivity contribution in [3.05, 3.63) is 11.6 Å². The SMILES string of the molecule is C[C@]12CCCC=C1C[C@H](O)[C@@H]1[C@@H]2CC[C@]2(C)C(=O)[C@H](F)C[C@@H]12. The molecule has 4 aliphatic rings. The number of carbonyl (C=O) groups excluding carboxylic acids is 1. The van der Waals surface area contributed by atoms with Gasteiger partial charge in [-0.15, -0.1) is 0 Å². The topological polar surface area (TPSA) is 37.3 Å². The van der Waals surface area contributed by atoms with Gasteiger partial charge in [-0.3, -0.25) is 4.79 Å². The summed E-state index contributed by atoms with van der Waals surface area (Å²) in [5.41, 5.74) is 1.06. The lowest BCUT2D eigenvalue weighted by Gasteiger charge is -2.58. The Kier molecular flexibility index (Phi) is 3.15. The van der Waals surface area contributed by atoms with Crippen LogP contribution < -0.4 is 0 Å². The maximum atomic E-state index is 14.1. The van der Waals surface area contributed by atoms with Crippen LogP contribution in [0.4, 0.5) is 4.39 Å². The van der Waals surface area contributed by atoms with Gasteiger partial charge in [0.2, 0.25) is 0 Å². The maximum absolute atomic E-state index is 14.1. The zero-order valence-electron chi connectivity index (χ0n) is 13.6. The van der Waals surface area contributed by atoms with Gasteiger partial charge in [-0.2, -0.15) is 0 Å². The van der Waals surface area contributed by atoms with Crippen molar-refractivity contribution < 1.29 is 14.3 Å². The van der Waals surface area contributed by atoms with E-state index < -0.39 is 17.7 Å². The molecule has 122 valence electrons. The molecule has 0 unspecified atom stereocenters. The van der Waals surface area contributed by atoms with Crippen LogP contribution in [0.1, 0.15) is 58.8 Å². The minimum Gasteiger partial charge on any atom is -0.392 e. The molecule has 0 amide bonds. The van der Waals surface area contributed by atoms with Gasteiger partial charge in [0, 0.05) is 5.41 Å². The van der Waals surface area contributed by atoms with Crippen molar-refractivity contribution in [1.82, 2.24) is 0 Å². The van der Waals surface area contributed by atoms with E-state index in [1.807, 2.05) is 6.92 Å². The summed E-state index contributed by atoms with van der Waals surface area (Å²) in [6.45, 7) is 4.31. The molecule has 0 aliphatic heterocycles. The lowest BCUT2D eigenvalue weighted by Crippen LogP contribution is -2.55. The van der Waals surface area contributed by atoms with E-state index >= 15 is 0 Å². The van der Waals surface area contributed by atoms with E-state index in [4.69, 9.17) is 0 Å². The molecule has 4 rings (SSSR count). The van der Waals surface area contributed by atoms with Gasteiger partial charge in [-0.25, -0.2) is 4.39 Å². The van der Waals surface area contributed by atoms with Crippen LogP contribution in [0, 0.1) is 28.6 Å². The van der Waals surface area contributed by atoms with Crippen LogP contribution in [-0.4, -0.2) is 23.2 Å². The molecule has 0 aromatic rings. The quantitative estimate of drug-likeness (QED) is 0.691. The summed E-state index contributed by atoms with van der Waals surface area (Å²) < 4.78 is 14.1. The molecule has 3 fully saturated rings. The third-order valence-corrected chi connectivity index (χ3v) is 7.75. The number of hydrogen-bond acceptors (Lipinski definition) is 2. The van der Waals surface area contributed by atoms with Gasteiger partial charge in [-0.05, 0) is 68.1 Å². The molecule has 3 saturated carbocycles. The highest BCUT2D eigenvalue weighted by Gasteiger charge is 2.63. The highest BCUT2D eigenvalue weighted by atomic mass is 19.1. The first-order valence-electron chi connectivity index (χ1n) is 8.94. The third-order valence-electron chi connectivity index (χ3n) is 7.75. The second kappa shape index (κ2) is 4.66. The molecule has 2 nitrogen and oxygen atoms in total. The molecule has 0 radical (unpaired) electrons. The zero-order valence-corrected chi connectivity index (χ0v) is 13.6. The Labute approximate surface area is 132 Å². The maximum Gasteiger partial charge on any atom is 0.173 e. The molecule has 0 spiro atoms. The fourth-order valence-corrected chi connectivity index (χ4v) is 6.47. The predicted molar refractivity (Wildman–Crippen MR) is 83.0 cm³/mol. The zero-order chi connectivity index (χ0) is 15.7. The van der Waals surface area contributed by atoms with Crippen molar-refractivity contribution in [2.24, 2.45) is 28.6 Å². The number of alkyl halides is 1. The normalized spacial score (nSPS) is 54.3. The van der Waals surface area contributed by atoms with Crippen LogP contribution in [0.25, 0.3) is 0 Å². The highest BCUT2D eigenvalue weighted by molar-refractivity contribution is 5.91. The van der Waals surface area contributed by atoms with Crippen molar-refractivity contribution in [3.8, 4) is 0 Å². The number of hydrogen-bond donors (Lipinski definition) is 1. The summed E-state index contributed by atoms with van der Waals surface area (Å²) in [7, 11) is 0. The third kappa shape index (κ3) is 1.72. The van der Waals surface area contributed by atoms with Crippen molar-refractivity contribution in [2.75, 3.05) is 0 Å². The summed E-state index contributed by atoms with van der Waals surface area (Å²) in [5.74, 6) is 0.352. The number of carbonyl (C=O) groups is 1. The molecule has 4 aliphatic carbocycles. The fraction of sp³-hybridized carbons (Fsp3) is 0.842. The van der Waals surface area contributed by atoms with Crippen molar-refractivity contribution in [3.63, 3.8) is 0 Å². The van der Waals surface area contributed by atoms with E-state index in [0.717, 1.165) is 25.7 Å². The Balaban J connectivity index is 1.75. The molecule has 0 heterocycles. The Morgan fingerprint density at radius 3 is 2.77 bits per heavy atom. The van der Waals surface area contributed by atoms with E-state index in [0.29, 0.717) is 12.3 Å². The number of allylic oxidation sites excluding steroid dienone is 1. The van der Waals surface area contributed by atoms with E-state index in [1.54, 1.807) is 0 Å². The summed E-state index contributed by atoms with van der Waals surface area (Å²) >= 11 is 0. The Morgan fingerprint density at radius 2 is 2.00 bits per heavy atom. The Morgan fingerprint density at radius 1 is 1.23 bits per heavy atom. The molecular formula is C19H27FO2. The second-order valence-corrected chi connectivity index (χ2v) is 8.62. The summed E-state index contributed by atoms with van der Waals surface area (Å²) in [5, 5.41) is 10.8. The van der Waals surface area contributed by atoms with Crippen molar-refractivity contribution in [1.29, 1.82) is 0 Å². The second-order valence-electron chi connectivity index (χ2n) is 8.62.